The van der Waals surface area contributed by atoms with Crippen LogP contribution in [0.3, 0.4) is 0 Å². The van der Waals surface area contributed by atoms with Gasteiger partial charge in [-0.15, -0.1) is 10.2 Å². The van der Waals surface area contributed by atoms with E-state index in [0.717, 1.165) is 22.6 Å². The second-order valence-corrected chi connectivity index (χ2v) is 8.66. The third-order valence-electron chi connectivity index (χ3n) is 6.33. The second kappa shape index (κ2) is 9.89. The number of anilines is 1. The average molecular weight is 463 g/mol. The molecule has 6 heteroatoms. The molecule has 1 aliphatic heterocycles. The smallest absolute Gasteiger partial charge is 0.254 e. The van der Waals surface area contributed by atoms with Crippen LogP contribution in [-0.2, 0) is 0 Å². The van der Waals surface area contributed by atoms with Crippen molar-refractivity contribution in [3.63, 3.8) is 0 Å². The fraction of sp³-hybridized carbons (Fsp3) is 0.172. The van der Waals surface area contributed by atoms with Gasteiger partial charge >= 0.3 is 0 Å². The first kappa shape index (κ1) is 22.5. The Bertz CT molecular complexity index is 1330. The number of carbonyl (C=O) groups is 2. The molecule has 6 nitrogen and oxygen atoms in total. The lowest BCUT2D eigenvalue weighted by atomic mass is 9.97. The molecule has 4 aromatic rings. The molecule has 0 aliphatic carbocycles. The van der Waals surface area contributed by atoms with Crippen LogP contribution in [0.4, 0.5) is 5.82 Å². The molecule has 0 radical (unpaired) electrons. The Kier molecular flexibility index (Phi) is 6.35. The molecule has 0 N–H and O–H groups in total. The Morgan fingerprint density at radius 2 is 1.34 bits per heavy atom. The van der Waals surface area contributed by atoms with Gasteiger partial charge < -0.3 is 9.80 Å². The van der Waals surface area contributed by atoms with Gasteiger partial charge in [0.2, 0.25) is 0 Å². The maximum atomic E-state index is 13.4. The maximum absolute atomic E-state index is 13.4. The summed E-state index contributed by atoms with van der Waals surface area (Å²) in [6.07, 6.45) is 0. The van der Waals surface area contributed by atoms with Crippen molar-refractivity contribution in [1.82, 2.24) is 15.1 Å². The minimum absolute atomic E-state index is 0.119. The predicted molar refractivity (Wildman–Crippen MR) is 137 cm³/mol. The number of ketones is 1. The number of nitrogens with zero attached hydrogens (tertiary/aromatic N) is 4. The summed E-state index contributed by atoms with van der Waals surface area (Å²) in [7, 11) is 0. The lowest BCUT2D eigenvalue weighted by Crippen LogP contribution is -2.49. The van der Waals surface area contributed by atoms with Gasteiger partial charge in [-0.1, -0.05) is 78.4 Å². The Labute approximate surface area is 204 Å². The molecule has 3 aromatic carbocycles. The van der Waals surface area contributed by atoms with Gasteiger partial charge in [-0.2, -0.15) is 0 Å². The van der Waals surface area contributed by atoms with E-state index in [1.165, 1.54) is 0 Å². The molecule has 0 spiro atoms. The quantitative estimate of drug-likeness (QED) is 0.404. The lowest BCUT2D eigenvalue weighted by Gasteiger charge is -2.35. The number of hydrogen-bond acceptors (Lipinski definition) is 5. The number of rotatable bonds is 5. The molecule has 0 bridgehead atoms. The number of aromatic nitrogens is 2. The summed E-state index contributed by atoms with van der Waals surface area (Å²) in [4.78, 5) is 30.5. The van der Waals surface area contributed by atoms with Crippen LogP contribution in [0.2, 0.25) is 0 Å². The van der Waals surface area contributed by atoms with Crippen LogP contribution in [0.5, 0.6) is 0 Å². The van der Waals surface area contributed by atoms with E-state index in [2.05, 4.69) is 15.1 Å². The normalized spacial score (nSPS) is 13.5. The topological polar surface area (TPSA) is 66.4 Å². The van der Waals surface area contributed by atoms with E-state index < -0.39 is 0 Å². The average Bonchev–Trinajstić information content (AvgIpc) is 2.93. The number of hydrogen-bond donors (Lipinski definition) is 0. The van der Waals surface area contributed by atoms with Crippen molar-refractivity contribution >= 4 is 17.5 Å². The van der Waals surface area contributed by atoms with Gasteiger partial charge in [0.05, 0.1) is 11.3 Å². The number of carbonyl (C=O) groups excluding carboxylic acids is 2. The van der Waals surface area contributed by atoms with Crippen LogP contribution in [0.25, 0.3) is 11.3 Å². The fourth-order valence-electron chi connectivity index (χ4n) is 4.29. The monoisotopic (exact) mass is 462 g/mol. The molecule has 1 aliphatic rings. The standard InChI is InChI=1S/C29H26N4O2/c1-21-11-13-23(14-12-21)28(34)24-9-5-6-10-25(24)29(35)33-19-17-32(18-20-33)27-16-15-26(30-31-27)22-7-3-2-4-8-22/h2-16H,17-20H2,1H3. The minimum Gasteiger partial charge on any atom is -0.352 e. The van der Waals surface area contributed by atoms with Crippen LogP contribution >= 0.6 is 0 Å². The van der Waals surface area contributed by atoms with E-state index in [-0.39, 0.29) is 11.7 Å². The van der Waals surface area contributed by atoms with Gasteiger partial charge in [-0.25, -0.2) is 0 Å². The zero-order valence-electron chi connectivity index (χ0n) is 19.6. The van der Waals surface area contributed by atoms with Gasteiger partial charge in [-0.05, 0) is 25.1 Å². The van der Waals surface area contributed by atoms with Crippen molar-refractivity contribution in [2.75, 3.05) is 31.1 Å². The summed E-state index contributed by atoms with van der Waals surface area (Å²) >= 11 is 0. The molecule has 1 saturated heterocycles. The van der Waals surface area contributed by atoms with Gasteiger partial charge in [0.25, 0.3) is 5.91 Å². The summed E-state index contributed by atoms with van der Waals surface area (Å²) in [6.45, 7) is 4.38. The molecule has 0 atom stereocenters. The Morgan fingerprint density at radius 3 is 2.00 bits per heavy atom. The fourth-order valence-corrected chi connectivity index (χ4v) is 4.29. The lowest BCUT2D eigenvalue weighted by molar-refractivity contribution is 0.0742. The highest BCUT2D eigenvalue weighted by atomic mass is 16.2. The van der Waals surface area contributed by atoms with Crippen LogP contribution in [-0.4, -0.2) is 53.0 Å². The van der Waals surface area contributed by atoms with Crippen molar-refractivity contribution in [2.24, 2.45) is 0 Å². The number of benzene rings is 3. The highest BCUT2D eigenvalue weighted by Crippen LogP contribution is 2.21. The first-order valence-corrected chi connectivity index (χ1v) is 11.7. The van der Waals surface area contributed by atoms with Crippen LogP contribution in [0.15, 0.2) is 91.0 Å². The number of piperazine rings is 1. The van der Waals surface area contributed by atoms with Crippen molar-refractivity contribution in [2.45, 2.75) is 6.92 Å². The molecule has 5 rings (SSSR count). The Morgan fingerprint density at radius 1 is 0.686 bits per heavy atom. The molecule has 1 fully saturated rings. The SMILES string of the molecule is Cc1ccc(C(=O)c2ccccc2C(=O)N2CCN(c3ccc(-c4ccccc4)nn3)CC2)cc1. The van der Waals surface area contributed by atoms with Crippen LogP contribution in [0.1, 0.15) is 31.8 Å². The van der Waals surface area contributed by atoms with Crippen LogP contribution in [0, 0.1) is 6.92 Å². The van der Waals surface area contributed by atoms with E-state index in [4.69, 9.17) is 0 Å². The summed E-state index contributed by atoms with van der Waals surface area (Å²) in [6, 6.07) is 28.4. The minimum atomic E-state index is -0.138. The highest BCUT2D eigenvalue weighted by molar-refractivity contribution is 6.15. The van der Waals surface area contributed by atoms with Gasteiger partial charge in [-0.3, -0.25) is 9.59 Å². The summed E-state index contributed by atoms with van der Waals surface area (Å²) in [5.74, 6) is 0.541. The molecule has 2 heterocycles. The van der Waals surface area contributed by atoms with Crippen molar-refractivity contribution in [3.05, 3.63) is 113 Å². The number of aryl methyl sites for hydroxylation is 1. The zero-order chi connectivity index (χ0) is 24.2. The first-order valence-electron chi connectivity index (χ1n) is 11.7. The van der Waals surface area contributed by atoms with Gasteiger partial charge in [0, 0.05) is 42.9 Å². The largest absolute Gasteiger partial charge is 0.352 e. The third kappa shape index (κ3) is 4.82. The maximum Gasteiger partial charge on any atom is 0.254 e. The van der Waals surface area contributed by atoms with Gasteiger partial charge in [0.1, 0.15) is 0 Å². The second-order valence-electron chi connectivity index (χ2n) is 8.66. The highest BCUT2D eigenvalue weighted by Gasteiger charge is 2.26. The van der Waals surface area contributed by atoms with E-state index in [1.54, 1.807) is 24.3 Å². The molecule has 174 valence electrons. The first-order chi connectivity index (χ1) is 17.1. The summed E-state index contributed by atoms with van der Waals surface area (Å²) in [5, 5.41) is 8.79. The Balaban J connectivity index is 1.27. The van der Waals surface area contributed by atoms with E-state index >= 15 is 0 Å². The summed E-state index contributed by atoms with van der Waals surface area (Å²) in [5.41, 5.74) is 4.41. The van der Waals surface area contributed by atoms with E-state index in [1.807, 2.05) is 78.6 Å². The Hall–Kier alpha value is -4.32. The molecular weight excluding hydrogens is 436 g/mol. The van der Waals surface area contributed by atoms with Crippen LogP contribution < -0.4 is 4.90 Å². The third-order valence-corrected chi connectivity index (χ3v) is 6.33. The number of amides is 1. The molecule has 0 unspecified atom stereocenters. The molecular formula is C29H26N4O2. The van der Waals surface area contributed by atoms with E-state index in [9.17, 15) is 9.59 Å². The molecule has 1 amide bonds. The van der Waals surface area contributed by atoms with Crippen molar-refractivity contribution in [3.8, 4) is 11.3 Å². The molecule has 1 aromatic heterocycles. The zero-order valence-corrected chi connectivity index (χ0v) is 19.6. The van der Waals surface area contributed by atoms with Gasteiger partial charge in [0.15, 0.2) is 11.6 Å². The predicted octanol–water partition coefficient (Wildman–Crippen LogP) is 4.65. The van der Waals surface area contributed by atoms with Crippen molar-refractivity contribution < 1.29 is 9.59 Å². The molecule has 0 saturated carbocycles. The van der Waals surface area contributed by atoms with Crippen molar-refractivity contribution in [1.29, 1.82) is 0 Å². The molecule has 35 heavy (non-hydrogen) atoms. The van der Waals surface area contributed by atoms with E-state index in [0.29, 0.717) is 42.9 Å². The summed E-state index contributed by atoms with van der Waals surface area (Å²) < 4.78 is 0.